The lowest BCUT2D eigenvalue weighted by atomic mass is 10.1. The van der Waals surface area contributed by atoms with Crippen LogP contribution in [0.5, 0.6) is 0 Å². The summed E-state index contributed by atoms with van der Waals surface area (Å²) < 4.78 is 43.1. The number of amides is 1. The monoisotopic (exact) mass is 425 g/mol. The van der Waals surface area contributed by atoms with Crippen molar-refractivity contribution < 1.29 is 22.5 Å². The topological polar surface area (TPSA) is 91.6 Å². The van der Waals surface area contributed by atoms with Gasteiger partial charge in [0.2, 0.25) is 0 Å². The summed E-state index contributed by atoms with van der Waals surface area (Å²) in [5.74, 6) is 0.931. The molecule has 0 atom stereocenters. The molecule has 1 amide bonds. The molecule has 7 nitrogen and oxygen atoms in total. The number of carbonyl (C=O) groups excluding carboxylic acids is 1. The highest BCUT2D eigenvalue weighted by molar-refractivity contribution is 5.94. The number of rotatable bonds is 8. The average molecular weight is 425 g/mol. The Bertz CT molecular complexity index is 839. The SMILES string of the molecule is CCc1noc(CC)c1CNC(=NC)NCCNC(=O)c1ccc(C(F)(F)F)cc1. The largest absolute Gasteiger partial charge is 0.416 e. The second kappa shape index (κ2) is 10.7. The zero-order valence-electron chi connectivity index (χ0n) is 17.2. The van der Waals surface area contributed by atoms with Crippen LogP contribution in [0.4, 0.5) is 13.2 Å². The molecule has 0 aliphatic rings. The molecule has 2 aromatic rings. The molecule has 0 bridgehead atoms. The van der Waals surface area contributed by atoms with Crippen molar-refractivity contribution in [3.8, 4) is 0 Å². The van der Waals surface area contributed by atoms with Gasteiger partial charge in [-0.1, -0.05) is 19.0 Å². The molecule has 30 heavy (non-hydrogen) atoms. The molecule has 1 heterocycles. The maximum absolute atomic E-state index is 12.6. The van der Waals surface area contributed by atoms with E-state index in [0.29, 0.717) is 19.0 Å². The van der Waals surface area contributed by atoms with E-state index in [-0.39, 0.29) is 12.1 Å². The van der Waals surface area contributed by atoms with Crippen molar-refractivity contribution in [3.05, 3.63) is 52.4 Å². The Morgan fingerprint density at radius 2 is 1.73 bits per heavy atom. The summed E-state index contributed by atoms with van der Waals surface area (Å²) in [4.78, 5) is 16.2. The molecule has 164 valence electrons. The number of nitrogens with one attached hydrogen (secondary N) is 3. The minimum Gasteiger partial charge on any atom is -0.361 e. The third kappa shape index (κ3) is 6.23. The predicted octanol–water partition coefficient (Wildman–Crippen LogP) is 2.91. The van der Waals surface area contributed by atoms with Crippen LogP contribution in [0, 0.1) is 0 Å². The third-order valence-electron chi connectivity index (χ3n) is 4.44. The van der Waals surface area contributed by atoms with Crippen LogP contribution in [0.1, 0.15) is 46.8 Å². The molecule has 0 radical (unpaired) electrons. The number of nitrogens with zero attached hydrogens (tertiary/aromatic N) is 2. The molecule has 10 heteroatoms. The van der Waals surface area contributed by atoms with Gasteiger partial charge in [-0.05, 0) is 30.7 Å². The van der Waals surface area contributed by atoms with E-state index >= 15 is 0 Å². The Kier molecular flexibility index (Phi) is 8.25. The molecule has 0 saturated carbocycles. The van der Waals surface area contributed by atoms with Crippen LogP contribution in [0.3, 0.4) is 0 Å². The van der Waals surface area contributed by atoms with Gasteiger partial charge in [0.05, 0.1) is 11.3 Å². The number of aryl methyl sites for hydroxylation is 2. The van der Waals surface area contributed by atoms with Gasteiger partial charge in [-0.3, -0.25) is 9.79 Å². The maximum Gasteiger partial charge on any atom is 0.416 e. The summed E-state index contributed by atoms with van der Waals surface area (Å²) in [6.45, 7) is 5.17. The first-order valence-corrected chi connectivity index (χ1v) is 9.66. The summed E-state index contributed by atoms with van der Waals surface area (Å²) in [6.07, 6.45) is -2.92. The number of hydrogen-bond acceptors (Lipinski definition) is 4. The van der Waals surface area contributed by atoms with E-state index in [9.17, 15) is 18.0 Å². The fourth-order valence-electron chi connectivity index (χ4n) is 2.80. The van der Waals surface area contributed by atoms with E-state index in [0.717, 1.165) is 54.1 Å². The first-order valence-electron chi connectivity index (χ1n) is 9.66. The minimum atomic E-state index is -4.43. The fraction of sp³-hybridized carbons (Fsp3) is 0.450. The van der Waals surface area contributed by atoms with E-state index in [4.69, 9.17) is 4.52 Å². The minimum absolute atomic E-state index is 0.164. The molecule has 0 aliphatic heterocycles. The molecular formula is C20H26F3N5O2. The van der Waals surface area contributed by atoms with Gasteiger partial charge in [0, 0.05) is 44.2 Å². The van der Waals surface area contributed by atoms with Crippen molar-refractivity contribution in [1.82, 2.24) is 21.1 Å². The summed E-state index contributed by atoms with van der Waals surface area (Å²) in [7, 11) is 1.63. The molecular weight excluding hydrogens is 399 g/mol. The van der Waals surface area contributed by atoms with Gasteiger partial charge < -0.3 is 20.5 Å². The number of halogens is 3. The molecule has 3 N–H and O–H groups in total. The molecule has 0 saturated heterocycles. The standard InChI is InChI=1S/C20H26F3N5O2/c1-4-16-15(17(5-2)30-28-16)12-27-19(24-3)26-11-10-25-18(29)13-6-8-14(9-7-13)20(21,22)23/h6-9H,4-5,10-12H2,1-3H3,(H,25,29)(H2,24,26,27). The highest BCUT2D eigenvalue weighted by atomic mass is 19.4. The van der Waals surface area contributed by atoms with E-state index < -0.39 is 17.6 Å². The zero-order chi connectivity index (χ0) is 22.1. The molecule has 1 aromatic carbocycles. The third-order valence-corrected chi connectivity index (χ3v) is 4.44. The highest BCUT2D eigenvalue weighted by Gasteiger charge is 2.30. The Labute approximate surface area is 173 Å². The van der Waals surface area contributed by atoms with Gasteiger partial charge in [-0.2, -0.15) is 13.2 Å². The van der Waals surface area contributed by atoms with Crippen molar-refractivity contribution in [2.45, 2.75) is 39.4 Å². The number of guanidine groups is 1. The van der Waals surface area contributed by atoms with E-state index in [2.05, 4.69) is 26.1 Å². The normalized spacial score (nSPS) is 12.0. The first-order chi connectivity index (χ1) is 14.3. The van der Waals surface area contributed by atoms with Gasteiger partial charge in [-0.15, -0.1) is 0 Å². The number of carbonyl (C=O) groups is 1. The Balaban J connectivity index is 1.78. The van der Waals surface area contributed by atoms with Crippen LogP contribution in [-0.2, 0) is 25.6 Å². The van der Waals surface area contributed by atoms with E-state index in [1.54, 1.807) is 7.05 Å². The molecule has 0 aliphatic carbocycles. The van der Waals surface area contributed by atoms with Crippen LogP contribution >= 0.6 is 0 Å². The van der Waals surface area contributed by atoms with Crippen molar-refractivity contribution in [1.29, 1.82) is 0 Å². The van der Waals surface area contributed by atoms with Gasteiger partial charge in [0.1, 0.15) is 5.76 Å². The maximum atomic E-state index is 12.6. The van der Waals surface area contributed by atoms with E-state index in [1.165, 1.54) is 0 Å². The van der Waals surface area contributed by atoms with Crippen LogP contribution in [0.2, 0.25) is 0 Å². The van der Waals surface area contributed by atoms with Crippen molar-refractivity contribution >= 4 is 11.9 Å². The average Bonchev–Trinajstić information content (AvgIpc) is 3.14. The van der Waals surface area contributed by atoms with Gasteiger partial charge in [0.25, 0.3) is 5.91 Å². The quantitative estimate of drug-likeness (QED) is 0.344. The fourth-order valence-corrected chi connectivity index (χ4v) is 2.80. The number of aliphatic imine (C=N–C) groups is 1. The second-order valence-corrected chi connectivity index (χ2v) is 6.42. The molecule has 0 fully saturated rings. The van der Waals surface area contributed by atoms with Crippen LogP contribution in [0.15, 0.2) is 33.8 Å². The molecule has 0 unspecified atom stereocenters. The second-order valence-electron chi connectivity index (χ2n) is 6.42. The predicted molar refractivity (Wildman–Crippen MR) is 107 cm³/mol. The van der Waals surface area contributed by atoms with Gasteiger partial charge in [0.15, 0.2) is 5.96 Å². The Morgan fingerprint density at radius 3 is 2.30 bits per heavy atom. The van der Waals surface area contributed by atoms with Crippen LogP contribution in [0.25, 0.3) is 0 Å². The number of hydrogen-bond donors (Lipinski definition) is 3. The summed E-state index contributed by atoms with van der Waals surface area (Å²) in [6, 6.07) is 4.08. The Morgan fingerprint density at radius 1 is 1.07 bits per heavy atom. The van der Waals surface area contributed by atoms with Crippen molar-refractivity contribution in [2.75, 3.05) is 20.1 Å². The lowest BCUT2D eigenvalue weighted by Gasteiger charge is -2.13. The summed E-state index contributed by atoms with van der Waals surface area (Å²) >= 11 is 0. The molecule has 2 rings (SSSR count). The summed E-state index contributed by atoms with van der Waals surface area (Å²) in [5.41, 5.74) is 1.29. The van der Waals surface area contributed by atoms with E-state index in [1.807, 2.05) is 13.8 Å². The number of alkyl halides is 3. The van der Waals surface area contributed by atoms with Crippen molar-refractivity contribution in [3.63, 3.8) is 0 Å². The lowest BCUT2D eigenvalue weighted by molar-refractivity contribution is -0.137. The Hall–Kier alpha value is -3.04. The zero-order valence-corrected chi connectivity index (χ0v) is 17.2. The molecule has 0 spiro atoms. The van der Waals surface area contributed by atoms with Crippen LogP contribution in [-0.4, -0.2) is 37.2 Å². The summed E-state index contributed by atoms with van der Waals surface area (Å²) in [5, 5.41) is 13.0. The highest BCUT2D eigenvalue weighted by Crippen LogP contribution is 2.29. The smallest absolute Gasteiger partial charge is 0.361 e. The van der Waals surface area contributed by atoms with Crippen LogP contribution < -0.4 is 16.0 Å². The van der Waals surface area contributed by atoms with Crippen molar-refractivity contribution in [2.24, 2.45) is 4.99 Å². The first kappa shape index (κ1) is 23.2. The van der Waals surface area contributed by atoms with Gasteiger partial charge in [-0.25, -0.2) is 0 Å². The molecule has 1 aromatic heterocycles. The lowest BCUT2D eigenvalue weighted by Crippen LogP contribution is -2.41. The van der Waals surface area contributed by atoms with Gasteiger partial charge >= 0.3 is 6.18 Å². The number of aromatic nitrogens is 1. The number of benzene rings is 1.